The average Bonchev–Trinajstić information content (AvgIpc) is 2.93. The van der Waals surface area contributed by atoms with E-state index >= 15 is 0 Å². The molecule has 0 aromatic heterocycles. The minimum Gasteiger partial charge on any atom is -0.495 e. The fourth-order valence-corrected chi connectivity index (χ4v) is 5.39. The van der Waals surface area contributed by atoms with Gasteiger partial charge in [0, 0.05) is 12.6 Å². The van der Waals surface area contributed by atoms with Crippen LogP contribution in [0.15, 0.2) is 17.0 Å². The lowest BCUT2D eigenvalue weighted by molar-refractivity contribution is -0.142. The van der Waals surface area contributed by atoms with Crippen molar-refractivity contribution < 1.29 is 23.1 Å². The Morgan fingerprint density at radius 2 is 2.13 bits per heavy atom. The van der Waals surface area contributed by atoms with Gasteiger partial charge in [0.1, 0.15) is 5.75 Å². The van der Waals surface area contributed by atoms with Crippen molar-refractivity contribution in [2.75, 3.05) is 13.7 Å². The van der Waals surface area contributed by atoms with Crippen LogP contribution in [0, 0.1) is 12.8 Å². The van der Waals surface area contributed by atoms with Gasteiger partial charge in [-0.15, -0.1) is 0 Å². The third-order valence-electron chi connectivity index (χ3n) is 4.27. The van der Waals surface area contributed by atoms with E-state index in [0.29, 0.717) is 24.2 Å². The Morgan fingerprint density at radius 3 is 2.65 bits per heavy atom. The number of aliphatic carboxylic acids is 1. The number of sulfonamides is 1. The molecule has 1 fully saturated rings. The number of hydrogen-bond acceptors (Lipinski definition) is 4. The number of halogens is 1. The zero-order chi connectivity index (χ0) is 17.4. The number of rotatable bonds is 5. The molecule has 0 saturated carbocycles. The first-order valence-corrected chi connectivity index (χ1v) is 9.14. The molecule has 0 radical (unpaired) electrons. The van der Waals surface area contributed by atoms with Crippen molar-refractivity contribution in [2.45, 2.75) is 37.6 Å². The van der Waals surface area contributed by atoms with Crippen molar-refractivity contribution >= 4 is 27.6 Å². The quantitative estimate of drug-likeness (QED) is 0.871. The van der Waals surface area contributed by atoms with Crippen LogP contribution >= 0.6 is 11.6 Å². The maximum absolute atomic E-state index is 13.0. The van der Waals surface area contributed by atoms with Crippen molar-refractivity contribution in [1.29, 1.82) is 0 Å². The highest BCUT2D eigenvalue weighted by atomic mass is 35.5. The molecule has 1 saturated heterocycles. The fourth-order valence-electron chi connectivity index (χ4n) is 3.10. The number of carboxylic acids is 1. The summed E-state index contributed by atoms with van der Waals surface area (Å²) in [4.78, 5) is 11.4. The molecule has 1 aromatic rings. The average molecular weight is 362 g/mol. The molecule has 1 aliphatic rings. The molecule has 0 amide bonds. The molecule has 128 valence electrons. The fraction of sp³-hybridized carbons (Fsp3) is 0.533. The van der Waals surface area contributed by atoms with E-state index in [4.69, 9.17) is 16.3 Å². The summed E-state index contributed by atoms with van der Waals surface area (Å²) in [6.07, 6.45) is 0.759. The number of ether oxygens (including phenoxy) is 1. The standard InChI is InChI=1S/C15H20ClNO5S/c1-4-12-10(15(18)19)5-6-17(12)23(20,21)14-8-11(16)13(22-3)7-9(14)2/h7-8,10,12H,4-6H2,1-3H3,(H,18,19). The molecule has 1 heterocycles. The third kappa shape index (κ3) is 3.18. The minimum atomic E-state index is -3.81. The molecule has 2 atom stereocenters. The van der Waals surface area contributed by atoms with Crippen LogP contribution in [-0.2, 0) is 14.8 Å². The smallest absolute Gasteiger partial charge is 0.308 e. The van der Waals surface area contributed by atoms with Crippen LogP contribution in [0.25, 0.3) is 0 Å². The second-order valence-corrected chi connectivity index (χ2v) is 7.84. The van der Waals surface area contributed by atoms with Gasteiger partial charge in [-0.1, -0.05) is 18.5 Å². The Hall–Kier alpha value is -1.31. The van der Waals surface area contributed by atoms with Gasteiger partial charge < -0.3 is 9.84 Å². The zero-order valence-electron chi connectivity index (χ0n) is 13.2. The number of hydrogen-bond donors (Lipinski definition) is 1. The maximum atomic E-state index is 13.0. The van der Waals surface area contributed by atoms with E-state index in [-0.39, 0.29) is 16.5 Å². The van der Waals surface area contributed by atoms with E-state index in [2.05, 4.69) is 0 Å². The van der Waals surface area contributed by atoms with Crippen LogP contribution in [0.4, 0.5) is 0 Å². The summed E-state index contributed by atoms with van der Waals surface area (Å²) in [5, 5.41) is 9.48. The Labute approximate surface area is 141 Å². The lowest BCUT2D eigenvalue weighted by Gasteiger charge is -2.26. The molecule has 8 heteroatoms. The minimum absolute atomic E-state index is 0.0905. The van der Waals surface area contributed by atoms with Crippen molar-refractivity contribution in [3.63, 3.8) is 0 Å². The van der Waals surface area contributed by atoms with Gasteiger partial charge in [-0.05, 0) is 37.5 Å². The van der Waals surface area contributed by atoms with Crippen molar-refractivity contribution in [1.82, 2.24) is 4.31 Å². The van der Waals surface area contributed by atoms with Crippen LogP contribution in [0.5, 0.6) is 5.75 Å². The Morgan fingerprint density at radius 1 is 1.48 bits per heavy atom. The summed E-state index contributed by atoms with van der Waals surface area (Å²) < 4.78 is 32.3. The molecule has 0 bridgehead atoms. The van der Waals surface area contributed by atoms with Gasteiger partial charge in [0.05, 0.1) is 22.9 Å². The molecule has 0 aliphatic carbocycles. The number of nitrogens with zero attached hydrogens (tertiary/aromatic N) is 1. The van der Waals surface area contributed by atoms with Crippen LogP contribution in [0.2, 0.25) is 5.02 Å². The summed E-state index contributed by atoms with van der Waals surface area (Å²) >= 11 is 6.06. The summed E-state index contributed by atoms with van der Waals surface area (Å²) in [6.45, 7) is 3.65. The van der Waals surface area contributed by atoms with Crippen LogP contribution in [0.1, 0.15) is 25.3 Å². The van der Waals surface area contributed by atoms with E-state index < -0.39 is 28.0 Å². The summed E-state index contributed by atoms with van der Waals surface area (Å²) in [6, 6.07) is 2.39. The molecule has 2 rings (SSSR count). The van der Waals surface area contributed by atoms with Crippen molar-refractivity contribution in [3.05, 3.63) is 22.7 Å². The van der Waals surface area contributed by atoms with Crippen molar-refractivity contribution in [3.8, 4) is 5.75 Å². The second-order valence-electron chi connectivity index (χ2n) is 5.58. The van der Waals surface area contributed by atoms with Gasteiger partial charge in [0.25, 0.3) is 0 Å². The molecule has 1 N–H and O–H groups in total. The highest BCUT2D eigenvalue weighted by Crippen LogP contribution is 2.36. The van der Waals surface area contributed by atoms with E-state index in [0.717, 1.165) is 0 Å². The highest BCUT2D eigenvalue weighted by Gasteiger charge is 2.44. The number of carboxylic acid groups (broad SMARTS) is 1. The molecular formula is C15H20ClNO5S. The first kappa shape index (κ1) is 18.0. The van der Waals surface area contributed by atoms with Gasteiger partial charge in [-0.2, -0.15) is 4.31 Å². The van der Waals surface area contributed by atoms with Gasteiger partial charge in [-0.3, -0.25) is 4.79 Å². The van der Waals surface area contributed by atoms with E-state index in [1.54, 1.807) is 19.9 Å². The van der Waals surface area contributed by atoms with Crippen molar-refractivity contribution in [2.24, 2.45) is 5.92 Å². The molecule has 1 aliphatic heterocycles. The number of methoxy groups -OCH3 is 1. The van der Waals surface area contributed by atoms with E-state index in [1.165, 1.54) is 17.5 Å². The topological polar surface area (TPSA) is 83.9 Å². The first-order chi connectivity index (χ1) is 10.7. The molecule has 0 spiro atoms. The van der Waals surface area contributed by atoms with Crippen LogP contribution in [0.3, 0.4) is 0 Å². The highest BCUT2D eigenvalue weighted by molar-refractivity contribution is 7.89. The van der Waals surface area contributed by atoms with Gasteiger partial charge in [0.15, 0.2) is 0 Å². The largest absolute Gasteiger partial charge is 0.495 e. The summed E-state index contributed by atoms with van der Waals surface area (Å²) in [5.74, 6) is -1.23. The summed E-state index contributed by atoms with van der Waals surface area (Å²) in [5.41, 5.74) is 0.514. The van der Waals surface area contributed by atoms with Gasteiger partial charge in [0.2, 0.25) is 10.0 Å². The Balaban J connectivity index is 2.47. The molecular weight excluding hydrogens is 342 g/mol. The third-order valence-corrected chi connectivity index (χ3v) is 6.63. The maximum Gasteiger partial charge on any atom is 0.308 e. The normalized spacial score (nSPS) is 22.3. The molecule has 6 nitrogen and oxygen atoms in total. The molecule has 23 heavy (non-hydrogen) atoms. The van der Waals surface area contributed by atoms with Crippen LogP contribution in [-0.4, -0.2) is 43.5 Å². The SMILES string of the molecule is CCC1C(C(=O)O)CCN1S(=O)(=O)c1cc(Cl)c(OC)cc1C. The van der Waals surface area contributed by atoms with Gasteiger partial charge >= 0.3 is 5.97 Å². The Bertz CT molecular complexity index is 719. The predicted molar refractivity (Wildman–Crippen MR) is 86.5 cm³/mol. The zero-order valence-corrected chi connectivity index (χ0v) is 14.8. The number of benzene rings is 1. The first-order valence-electron chi connectivity index (χ1n) is 7.32. The lowest BCUT2D eigenvalue weighted by Crippen LogP contribution is -2.39. The van der Waals surface area contributed by atoms with Gasteiger partial charge in [-0.25, -0.2) is 8.42 Å². The number of aryl methyl sites for hydroxylation is 1. The molecule has 1 aromatic carbocycles. The lowest BCUT2D eigenvalue weighted by atomic mass is 9.99. The van der Waals surface area contributed by atoms with Crippen LogP contribution < -0.4 is 4.74 Å². The molecule has 2 unspecified atom stereocenters. The second kappa shape index (κ2) is 6.67. The van der Waals surface area contributed by atoms with E-state index in [1.807, 2.05) is 0 Å². The predicted octanol–water partition coefficient (Wildman–Crippen LogP) is 2.53. The monoisotopic (exact) mass is 361 g/mol. The van der Waals surface area contributed by atoms with E-state index in [9.17, 15) is 18.3 Å². The number of carbonyl (C=O) groups is 1. The Kier molecular flexibility index (Phi) is 5.23. The summed E-state index contributed by atoms with van der Waals surface area (Å²) in [7, 11) is -2.36.